The minimum Gasteiger partial charge on any atom is -0.324 e. The van der Waals surface area contributed by atoms with Crippen molar-refractivity contribution in [3.63, 3.8) is 0 Å². The summed E-state index contributed by atoms with van der Waals surface area (Å²) >= 11 is 0. The molecular formula is C7H18ClO3P. The van der Waals surface area contributed by atoms with E-state index in [1.54, 1.807) is 0 Å². The standard InChI is InChI=1S/C7H17O3P.ClH/c1-7(2)5-4-6-11(8,9)10-3;/h7H,4-6H2,1-3H3,(H,8,9);1H. The molecule has 0 saturated heterocycles. The van der Waals surface area contributed by atoms with Gasteiger partial charge in [-0.3, -0.25) is 4.57 Å². The van der Waals surface area contributed by atoms with Crippen LogP contribution in [0.5, 0.6) is 0 Å². The van der Waals surface area contributed by atoms with E-state index < -0.39 is 7.60 Å². The highest BCUT2D eigenvalue weighted by Gasteiger charge is 2.15. The topological polar surface area (TPSA) is 46.5 Å². The molecule has 0 bridgehead atoms. The van der Waals surface area contributed by atoms with E-state index in [4.69, 9.17) is 4.89 Å². The van der Waals surface area contributed by atoms with Crippen LogP contribution in [0.3, 0.4) is 0 Å². The average Bonchev–Trinajstić information content (AvgIpc) is 1.87. The molecule has 5 heteroatoms. The first-order valence-corrected chi connectivity index (χ1v) is 5.62. The molecule has 1 unspecified atom stereocenters. The van der Waals surface area contributed by atoms with Crippen LogP contribution < -0.4 is 0 Å². The van der Waals surface area contributed by atoms with Gasteiger partial charge in [0.15, 0.2) is 0 Å². The van der Waals surface area contributed by atoms with Crippen LogP contribution in [-0.4, -0.2) is 18.2 Å². The number of hydrogen-bond acceptors (Lipinski definition) is 2. The molecule has 76 valence electrons. The Morgan fingerprint density at radius 3 is 2.33 bits per heavy atom. The zero-order chi connectivity index (χ0) is 8.91. The summed E-state index contributed by atoms with van der Waals surface area (Å²) in [5.41, 5.74) is 0. The van der Waals surface area contributed by atoms with E-state index in [9.17, 15) is 4.57 Å². The Kier molecular flexibility index (Phi) is 8.59. The fourth-order valence-corrected chi connectivity index (χ4v) is 1.56. The lowest BCUT2D eigenvalue weighted by Crippen LogP contribution is -1.94. The van der Waals surface area contributed by atoms with Crippen molar-refractivity contribution in [1.82, 2.24) is 0 Å². The van der Waals surface area contributed by atoms with Crippen LogP contribution in [0.2, 0.25) is 0 Å². The van der Waals surface area contributed by atoms with Crippen molar-refractivity contribution >= 4 is 20.0 Å². The van der Waals surface area contributed by atoms with Gasteiger partial charge in [0.1, 0.15) is 0 Å². The molecular weight excluding hydrogens is 199 g/mol. The van der Waals surface area contributed by atoms with Gasteiger partial charge in [-0.25, -0.2) is 0 Å². The van der Waals surface area contributed by atoms with Gasteiger partial charge in [0.05, 0.1) is 0 Å². The Balaban J connectivity index is 0. The Labute approximate surface area is 80.5 Å². The second-order valence-electron chi connectivity index (χ2n) is 3.08. The molecule has 0 aromatic rings. The van der Waals surface area contributed by atoms with E-state index in [1.165, 1.54) is 7.11 Å². The molecule has 0 radical (unpaired) electrons. The maximum atomic E-state index is 10.9. The minimum atomic E-state index is -3.23. The Morgan fingerprint density at radius 2 is 2.00 bits per heavy atom. The smallest absolute Gasteiger partial charge is 0.324 e. The monoisotopic (exact) mass is 216 g/mol. The Morgan fingerprint density at radius 1 is 1.50 bits per heavy atom. The van der Waals surface area contributed by atoms with Crippen LogP contribution in [0.15, 0.2) is 0 Å². The Bertz CT molecular complexity index is 150. The predicted octanol–water partition coefficient (Wildman–Crippen LogP) is 2.68. The summed E-state index contributed by atoms with van der Waals surface area (Å²) < 4.78 is 15.3. The third-order valence-corrected chi connectivity index (χ3v) is 2.96. The fraction of sp³-hybridized carbons (Fsp3) is 1.00. The van der Waals surface area contributed by atoms with E-state index in [0.717, 1.165) is 12.8 Å². The van der Waals surface area contributed by atoms with Crippen molar-refractivity contribution in [1.29, 1.82) is 0 Å². The first-order valence-electron chi connectivity index (χ1n) is 3.85. The average molecular weight is 217 g/mol. The highest BCUT2D eigenvalue weighted by molar-refractivity contribution is 7.52. The van der Waals surface area contributed by atoms with E-state index in [2.05, 4.69) is 18.4 Å². The molecule has 3 nitrogen and oxygen atoms in total. The SMILES string of the molecule is COP(=O)(O)CCCC(C)C.Cl. The first-order chi connectivity index (χ1) is 4.98. The number of rotatable bonds is 5. The molecule has 0 fully saturated rings. The molecule has 0 aliphatic carbocycles. The van der Waals surface area contributed by atoms with Gasteiger partial charge in [0.2, 0.25) is 0 Å². The second kappa shape index (κ2) is 6.90. The molecule has 0 spiro atoms. The summed E-state index contributed by atoms with van der Waals surface area (Å²) in [4.78, 5) is 8.97. The van der Waals surface area contributed by atoms with Gasteiger partial charge in [-0.05, 0) is 12.3 Å². The molecule has 0 aliphatic heterocycles. The third-order valence-electron chi connectivity index (χ3n) is 1.51. The maximum absolute atomic E-state index is 10.9. The van der Waals surface area contributed by atoms with E-state index in [0.29, 0.717) is 5.92 Å². The highest BCUT2D eigenvalue weighted by atomic mass is 35.5. The maximum Gasteiger partial charge on any atom is 0.327 e. The lowest BCUT2D eigenvalue weighted by Gasteiger charge is -2.08. The molecule has 0 aromatic carbocycles. The van der Waals surface area contributed by atoms with E-state index >= 15 is 0 Å². The molecule has 0 rings (SSSR count). The quantitative estimate of drug-likeness (QED) is 0.719. The zero-order valence-corrected chi connectivity index (χ0v) is 9.53. The van der Waals surface area contributed by atoms with Crippen LogP contribution in [0.4, 0.5) is 0 Å². The normalized spacial score (nSPS) is 15.4. The summed E-state index contributed by atoms with van der Waals surface area (Å²) in [6.07, 6.45) is 2.02. The molecule has 1 N–H and O–H groups in total. The van der Waals surface area contributed by atoms with Gasteiger partial charge in [0.25, 0.3) is 0 Å². The fourth-order valence-electron chi connectivity index (χ4n) is 0.791. The van der Waals surface area contributed by atoms with Crippen molar-refractivity contribution in [2.24, 2.45) is 5.92 Å². The van der Waals surface area contributed by atoms with Crippen LogP contribution >= 0.6 is 20.0 Å². The Hall–Kier alpha value is 0.440. The van der Waals surface area contributed by atoms with Gasteiger partial charge in [-0.1, -0.05) is 20.3 Å². The lowest BCUT2D eigenvalue weighted by atomic mass is 10.1. The molecule has 0 amide bonds. The van der Waals surface area contributed by atoms with Gasteiger partial charge in [-0.2, -0.15) is 0 Å². The van der Waals surface area contributed by atoms with Gasteiger partial charge in [-0.15, -0.1) is 12.4 Å². The van der Waals surface area contributed by atoms with Crippen molar-refractivity contribution in [3.8, 4) is 0 Å². The van der Waals surface area contributed by atoms with Crippen LogP contribution in [0.25, 0.3) is 0 Å². The number of hydrogen-bond donors (Lipinski definition) is 1. The van der Waals surface area contributed by atoms with Crippen molar-refractivity contribution in [3.05, 3.63) is 0 Å². The largest absolute Gasteiger partial charge is 0.327 e. The summed E-state index contributed by atoms with van der Waals surface area (Å²) in [6, 6.07) is 0. The van der Waals surface area contributed by atoms with Gasteiger partial charge in [0, 0.05) is 13.3 Å². The minimum absolute atomic E-state index is 0. The molecule has 12 heavy (non-hydrogen) atoms. The summed E-state index contributed by atoms with van der Waals surface area (Å²) in [5, 5.41) is 0. The molecule has 1 atom stereocenters. The third kappa shape index (κ3) is 8.54. The van der Waals surface area contributed by atoms with Crippen LogP contribution in [-0.2, 0) is 9.09 Å². The van der Waals surface area contributed by atoms with Crippen molar-refractivity contribution < 1.29 is 14.0 Å². The van der Waals surface area contributed by atoms with Crippen LogP contribution in [0, 0.1) is 5.92 Å². The van der Waals surface area contributed by atoms with Crippen LogP contribution in [0.1, 0.15) is 26.7 Å². The number of halogens is 1. The zero-order valence-electron chi connectivity index (χ0n) is 7.82. The second-order valence-corrected chi connectivity index (χ2v) is 5.17. The van der Waals surface area contributed by atoms with Gasteiger partial charge >= 0.3 is 7.60 Å². The van der Waals surface area contributed by atoms with E-state index in [1.807, 2.05) is 0 Å². The highest BCUT2D eigenvalue weighted by Crippen LogP contribution is 2.41. The molecule has 0 aromatic heterocycles. The molecule has 0 heterocycles. The van der Waals surface area contributed by atoms with Crippen molar-refractivity contribution in [2.45, 2.75) is 26.7 Å². The summed E-state index contributed by atoms with van der Waals surface area (Å²) in [7, 11) is -1.96. The first kappa shape index (κ1) is 14.9. The lowest BCUT2D eigenvalue weighted by molar-refractivity contribution is 0.313. The predicted molar refractivity (Wildman–Crippen MR) is 53.0 cm³/mol. The molecule has 0 saturated carbocycles. The van der Waals surface area contributed by atoms with Gasteiger partial charge < -0.3 is 9.42 Å². The summed E-state index contributed by atoms with van der Waals surface area (Å²) in [5.74, 6) is 0.590. The van der Waals surface area contributed by atoms with E-state index in [-0.39, 0.29) is 18.6 Å². The summed E-state index contributed by atoms with van der Waals surface area (Å²) in [6.45, 7) is 4.18. The molecule has 0 aliphatic rings. The van der Waals surface area contributed by atoms with Crippen molar-refractivity contribution in [2.75, 3.05) is 13.3 Å².